The Morgan fingerprint density at radius 3 is 2.15 bits per heavy atom. The molecule has 0 atom stereocenters. The lowest BCUT2D eigenvalue weighted by atomic mass is 9.93. The van der Waals surface area contributed by atoms with Gasteiger partial charge in [0.05, 0.1) is 5.92 Å². The van der Waals surface area contributed by atoms with Gasteiger partial charge in [-0.25, -0.2) is 4.79 Å². The lowest BCUT2D eigenvalue weighted by molar-refractivity contribution is -0.149. The molecule has 0 saturated carbocycles. The molecular formula is C14H24N2O4. The molecule has 0 bridgehead atoms. The minimum Gasteiger partial charge on any atom is -0.481 e. The number of nitrogens with zero attached hydrogens (tertiary/aromatic N) is 2. The van der Waals surface area contributed by atoms with Crippen molar-refractivity contribution in [3.8, 4) is 0 Å². The first kappa shape index (κ1) is 15.1. The summed E-state index contributed by atoms with van der Waals surface area (Å²) in [5.74, 6) is -0.911. The van der Waals surface area contributed by atoms with E-state index in [1.807, 2.05) is 20.8 Å². The predicted octanol–water partition coefficient (Wildman–Crippen LogP) is 1.40. The van der Waals surface area contributed by atoms with E-state index in [0.29, 0.717) is 32.2 Å². The van der Waals surface area contributed by atoms with E-state index in [9.17, 15) is 9.59 Å². The summed E-state index contributed by atoms with van der Waals surface area (Å²) in [4.78, 5) is 26.7. The van der Waals surface area contributed by atoms with Crippen molar-refractivity contribution >= 4 is 12.1 Å². The van der Waals surface area contributed by atoms with E-state index in [-0.39, 0.29) is 12.0 Å². The van der Waals surface area contributed by atoms with Crippen LogP contribution in [-0.4, -0.2) is 64.8 Å². The number of rotatable bonds is 2. The molecular weight excluding hydrogens is 260 g/mol. The molecule has 0 aromatic rings. The fraction of sp³-hybridized carbons (Fsp3) is 0.857. The summed E-state index contributed by atoms with van der Waals surface area (Å²) in [6.07, 6.45) is 1.54. The number of likely N-dealkylation sites (tertiary alicyclic amines) is 2. The lowest BCUT2D eigenvalue weighted by Gasteiger charge is -2.45. The number of carbonyl (C=O) groups excluding carboxylic acids is 1. The van der Waals surface area contributed by atoms with Gasteiger partial charge in [-0.05, 0) is 33.6 Å². The molecule has 2 fully saturated rings. The summed E-state index contributed by atoms with van der Waals surface area (Å²) in [6.45, 7) is 8.26. The number of carbonyl (C=O) groups is 2. The zero-order chi connectivity index (χ0) is 14.9. The number of ether oxygens (including phenoxy) is 1. The number of carboxylic acids is 1. The second kappa shape index (κ2) is 5.60. The zero-order valence-corrected chi connectivity index (χ0v) is 12.5. The molecule has 0 radical (unpaired) electrons. The lowest BCUT2D eigenvalue weighted by Crippen LogP contribution is -2.57. The van der Waals surface area contributed by atoms with E-state index < -0.39 is 11.6 Å². The van der Waals surface area contributed by atoms with Crippen LogP contribution in [0.4, 0.5) is 4.79 Å². The summed E-state index contributed by atoms with van der Waals surface area (Å²) >= 11 is 0. The fourth-order valence-corrected chi connectivity index (χ4v) is 2.71. The molecule has 0 aromatic heterocycles. The maximum Gasteiger partial charge on any atom is 0.410 e. The Balaban J connectivity index is 1.73. The SMILES string of the molecule is CC(C)(C)OC(=O)N1CCC(N2CC(C(=O)O)C2)CC1. The molecule has 0 unspecified atom stereocenters. The first-order valence-corrected chi connectivity index (χ1v) is 7.21. The van der Waals surface area contributed by atoms with Gasteiger partial charge >= 0.3 is 12.1 Å². The van der Waals surface area contributed by atoms with Crippen molar-refractivity contribution < 1.29 is 19.4 Å². The third-order valence-corrected chi connectivity index (χ3v) is 3.89. The number of hydrogen-bond donors (Lipinski definition) is 1. The molecule has 2 heterocycles. The third kappa shape index (κ3) is 3.62. The highest BCUT2D eigenvalue weighted by atomic mass is 16.6. The van der Waals surface area contributed by atoms with Crippen LogP contribution in [-0.2, 0) is 9.53 Å². The van der Waals surface area contributed by atoms with Crippen LogP contribution < -0.4 is 0 Å². The minimum absolute atomic E-state index is 0.209. The third-order valence-electron chi connectivity index (χ3n) is 3.89. The van der Waals surface area contributed by atoms with E-state index >= 15 is 0 Å². The van der Waals surface area contributed by atoms with Crippen LogP contribution in [0.1, 0.15) is 33.6 Å². The van der Waals surface area contributed by atoms with Crippen LogP contribution in [0, 0.1) is 5.92 Å². The molecule has 6 heteroatoms. The van der Waals surface area contributed by atoms with Crippen LogP contribution in [0.2, 0.25) is 0 Å². The molecule has 1 amide bonds. The first-order valence-electron chi connectivity index (χ1n) is 7.21. The van der Waals surface area contributed by atoms with Gasteiger partial charge in [0.1, 0.15) is 5.60 Å². The summed E-state index contributed by atoms with van der Waals surface area (Å²) in [7, 11) is 0. The summed E-state index contributed by atoms with van der Waals surface area (Å²) < 4.78 is 5.36. The molecule has 20 heavy (non-hydrogen) atoms. The maximum atomic E-state index is 11.9. The van der Waals surface area contributed by atoms with E-state index in [1.165, 1.54) is 0 Å². The normalized spacial score (nSPS) is 22.4. The van der Waals surface area contributed by atoms with Crippen molar-refractivity contribution in [2.45, 2.75) is 45.3 Å². The van der Waals surface area contributed by atoms with Crippen LogP contribution >= 0.6 is 0 Å². The highest BCUT2D eigenvalue weighted by Gasteiger charge is 2.38. The van der Waals surface area contributed by atoms with E-state index in [0.717, 1.165) is 12.8 Å². The fourth-order valence-electron chi connectivity index (χ4n) is 2.71. The van der Waals surface area contributed by atoms with Crippen LogP contribution in [0.3, 0.4) is 0 Å². The van der Waals surface area contributed by atoms with E-state index in [4.69, 9.17) is 9.84 Å². The highest BCUT2D eigenvalue weighted by Crippen LogP contribution is 2.25. The minimum atomic E-state index is -0.701. The molecule has 2 aliphatic rings. The highest BCUT2D eigenvalue weighted by molar-refractivity contribution is 5.71. The molecule has 2 rings (SSSR count). The molecule has 2 saturated heterocycles. The molecule has 6 nitrogen and oxygen atoms in total. The van der Waals surface area contributed by atoms with Gasteiger partial charge in [0.15, 0.2) is 0 Å². The maximum absolute atomic E-state index is 11.9. The van der Waals surface area contributed by atoms with Gasteiger partial charge in [-0.3, -0.25) is 9.69 Å². The quantitative estimate of drug-likeness (QED) is 0.830. The monoisotopic (exact) mass is 284 g/mol. The Labute approximate surface area is 119 Å². The Morgan fingerprint density at radius 1 is 1.15 bits per heavy atom. The van der Waals surface area contributed by atoms with Crippen molar-refractivity contribution in [2.24, 2.45) is 5.92 Å². The number of piperidine rings is 1. The van der Waals surface area contributed by atoms with Gasteiger partial charge in [-0.15, -0.1) is 0 Å². The van der Waals surface area contributed by atoms with Gasteiger partial charge in [-0.2, -0.15) is 0 Å². The molecule has 114 valence electrons. The van der Waals surface area contributed by atoms with Crippen molar-refractivity contribution in [3.63, 3.8) is 0 Å². The topological polar surface area (TPSA) is 70.1 Å². The van der Waals surface area contributed by atoms with Crippen molar-refractivity contribution in [3.05, 3.63) is 0 Å². The molecule has 1 N–H and O–H groups in total. The zero-order valence-electron chi connectivity index (χ0n) is 12.5. The van der Waals surface area contributed by atoms with E-state index in [2.05, 4.69) is 4.90 Å². The average molecular weight is 284 g/mol. The standard InChI is InChI=1S/C14H24N2O4/c1-14(2,3)20-13(19)15-6-4-11(5-7-15)16-8-10(9-16)12(17)18/h10-11H,4-9H2,1-3H3,(H,17,18). The number of amides is 1. The van der Waals surface area contributed by atoms with Crippen molar-refractivity contribution in [1.82, 2.24) is 9.80 Å². The van der Waals surface area contributed by atoms with E-state index in [1.54, 1.807) is 4.90 Å². The van der Waals surface area contributed by atoms with Gasteiger partial charge in [0.2, 0.25) is 0 Å². The van der Waals surface area contributed by atoms with Crippen LogP contribution in [0.15, 0.2) is 0 Å². The number of aliphatic carboxylic acids is 1. The van der Waals surface area contributed by atoms with Gasteiger partial charge in [0, 0.05) is 32.2 Å². The molecule has 0 aromatic carbocycles. The summed E-state index contributed by atoms with van der Waals surface area (Å²) in [5.41, 5.74) is -0.458. The Morgan fingerprint density at radius 2 is 1.70 bits per heavy atom. The average Bonchev–Trinajstić information content (AvgIpc) is 2.24. The predicted molar refractivity (Wildman–Crippen MR) is 73.5 cm³/mol. The Kier molecular flexibility index (Phi) is 4.22. The summed E-state index contributed by atoms with van der Waals surface area (Å²) in [5, 5.41) is 8.88. The Hall–Kier alpha value is -1.30. The van der Waals surface area contributed by atoms with Gasteiger partial charge in [0.25, 0.3) is 0 Å². The Bertz CT molecular complexity index is 377. The van der Waals surface area contributed by atoms with Crippen molar-refractivity contribution in [2.75, 3.05) is 26.2 Å². The molecule has 0 aliphatic carbocycles. The summed E-state index contributed by atoms with van der Waals surface area (Å²) in [6, 6.07) is 0.407. The van der Waals surface area contributed by atoms with Gasteiger partial charge in [-0.1, -0.05) is 0 Å². The van der Waals surface area contributed by atoms with Gasteiger partial charge < -0.3 is 14.7 Å². The second-order valence-electron chi connectivity index (χ2n) is 6.69. The van der Waals surface area contributed by atoms with Crippen LogP contribution in [0.25, 0.3) is 0 Å². The molecule has 2 aliphatic heterocycles. The molecule has 0 spiro atoms. The van der Waals surface area contributed by atoms with Crippen molar-refractivity contribution in [1.29, 1.82) is 0 Å². The number of carboxylic acid groups (broad SMARTS) is 1. The van der Waals surface area contributed by atoms with Crippen LogP contribution in [0.5, 0.6) is 0 Å². The number of hydrogen-bond acceptors (Lipinski definition) is 4. The first-order chi connectivity index (χ1) is 9.26. The smallest absolute Gasteiger partial charge is 0.410 e. The largest absolute Gasteiger partial charge is 0.481 e. The second-order valence-corrected chi connectivity index (χ2v) is 6.69.